The van der Waals surface area contributed by atoms with Crippen molar-refractivity contribution in [3.8, 4) is 28.4 Å². The molecule has 0 fully saturated rings. The molecule has 3 aromatic carbocycles. The first-order valence-corrected chi connectivity index (χ1v) is 16.7. The third kappa shape index (κ3) is 6.56. The summed E-state index contributed by atoms with van der Waals surface area (Å²) in [4.78, 5) is 44.3. The molecule has 2 amide bonds. The van der Waals surface area contributed by atoms with E-state index in [0.717, 1.165) is 60.0 Å². The molecular formula is C38H44N4O6. The molecule has 10 heteroatoms. The van der Waals surface area contributed by atoms with Crippen molar-refractivity contribution >= 4 is 28.4 Å². The lowest BCUT2D eigenvalue weighted by Gasteiger charge is -2.27. The molecule has 6 rings (SSSR count). The SMILES string of the molecule is COc1cc2c(c(OC)c1OC)-c1ccc(NCCCCCC(=O)N3CCc4[nH]c5ccccc5c4C3)c(=O)cc1[C@H](NC(C)=O)CC2. The molecular weight excluding hydrogens is 608 g/mol. The van der Waals surface area contributed by atoms with E-state index in [4.69, 9.17) is 14.2 Å². The van der Waals surface area contributed by atoms with Crippen LogP contribution >= 0.6 is 0 Å². The Morgan fingerprint density at radius 3 is 2.54 bits per heavy atom. The van der Waals surface area contributed by atoms with Gasteiger partial charge in [-0.3, -0.25) is 14.4 Å². The molecule has 2 heterocycles. The van der Waals surface area contributed by atoms with Gasteiger partial charge in [0.1, 0.15) is 0 Å². The fourth-order valence-electron chi connectivity index (χ4n) is 7.19. The molecule has 252 valence electrons. The molecule has 3 N–H and O–H groups in total. The number of anilines is 1. The van der Waals surface area contributed by atoms with Crippen LogP contribution in [-0.4, -0.2) is 56.1 Å². The van der Waals surface area contributed by atoms with E-state index in [1.165, 1.54) is 23.6 Å². The van der Waals surface area contributed by atoms with Crippen molar-refractivity contribution in [2.24, 2.45) is 0 Å². The quantitative estimate of drug-likeness (QED) is 0.173. The number of methoxy groups -OCH3 is 3. The van der Waals surface area contributed by atoms with Crippen molar-refractivity contribution in [1.82, 2.24) is 15.2 Å². The lowest BCUT2D eigenvalue weighted by Crippen LogP contribution is -2.35. The maximum Gasteiger partial charge on any atom is 0.222 e. The van der Waals surface area contributed by atoms with Gasteiger partial charge in [-0.1, -0.05) is 30.7 Å². The zero-order valence-electron chi connectivity index (χ0n) is 28.2. The lowest BCUT2D eigenvalue weighted by atomic mass is 9.95. The number of ether oxygens (including phenoxy) is 3. The van der Waals surface area contributed by atoms with Crippen LogP contribution in [0.25, 0.3) is 22.0 Å². The fraction of sp³-hybridized carbons (Fsp3) is 0.395. The van der Waals surface area contributed by atoms with E-state index in [1.54, 1.807) is 33.5 Å². The normalized spacial score (nSPS) is 15.1. The highest BCUT2D eigenvalue weighted by Gasteiger charge is 2.29. The first-order chi connectivity index (χ1) is 23.3. The van der Waals surface area contributed by atoms with Crippen LogP contribution in [0.1, 0.15) is 67.5 Å². The van der Waals surface area contributed by atoms with E-state index in [2.05, 4.69) is 27.8 Å². The summed E-state index contributed by atoms with van der Waals surface area (Å²) in [6, 6.07) is 15.2. The molecule has 48 heavy (non-hydrogen) atoms. The third-order valence-electron chi connectivity index (χ3n) is 9.53. The number of H-pyrrole nitrogens is 1. The second kappa shape index (κ2) is 14.4. The maximum atomic E-state index is 13.6. The van der Waals surface area contributed by atoms with Crippen molar-refractivity contribution in [3.63, 3.8) is 0 Å². The van der Waals surface area contributed by atoms with Crippen LogP contribution in [0, 0.1) is 0 Å². The number of fused-ring (bicyclic) bond motifs is 6. The average Bonchev–Trinajstić information content (AvgIpc) is 3.30. The first-order valence-electron chi connectivity index (χ1n) is 16.7. The van der Waals surface area contributed by atoms with Gasteiger partial charge in [0.05, 0.1) is 33.1 Å². The molecule has 0 radical (unpaired) electrons. The van der Waals surface area contributed by atoms with Gasteiger partial charge >= 0.3 is 0 Å². The Hall–Kier alpha value is -4.99. The van der Waals surface area contributed by atoms with Crippen molar-refractivity contribution in [2.75, 3.05) is 39.7 Å². The number of nitrogens with zero attached hydrogens (tertiary/aromatic N) is 1. The predicted molar refractivity (Wildman–Crippen MR) is 187 cm³/mol. The largest absolute Gasteiger partial charge is 0.493 e. The van der Waals surface area contributed by atoms with E-state index in [-0.39, 0.29) is 23.3 Å². The first kappa shape index (κ1) is 32.9. The molecule has 1 aromatic heterocycles. The Bertz CT molecular complexity index is 1900. The van der Waals surface area contributed by atoms with E-state index in [9.17, 15) is 14.4 Å². The monoisotopic (exact) mass is 652 g/mol. The number of carbonyl (C=O) groups is 2. The Morgan fingerprint density at radius 1 is 0.958 bits per heavy atom. The van der Waals surface area contributed by atoms with Crippen LogP contribution in [0.15, 0.2) is 53.3 Å². The Morgan fingerprint density at radius 2 is 1.77 bits per heavy atom. The molecule has 1 aliphatic heterocycles. The van der Waals surface area contributed by atoms with E-state index >= 15 is 0 Å². The molecule has 1 aliphatic carbocycles. The number of aromatic nitrogens is 1. The van der Waals surface area contributed by atoms with Gasteiger partial charge in [-0.15, -0.1) is 0 Å². The van der Waals surface area contributed by atoms with Crippen molar-refractivity contribution in [2.45, 2.75) is 64.5 Å². The van der Waals surface area contributed by atoms with Crippen LogP contribution < -0.4 is 30.3 Å². The Kier molecular flexibility index (Phi) is 9.89. The number of nitrogens with one attached hydrogen (secondary N) is 3. The summed E-state index contributed by atoms with van der Waals surface area (Å²) in [7, 11) is 4.74. The molecule has 0 bridgehead atoms. The zero-order chi connectivity index (χ0) is 33.8. The number of unbranched alkanes of at least 4 members (excludes halogenated alkanes) is 2. The van der Waals surface area contributed by atoms with Gasteiger partial charge in [0.2, 0.25) is 23.0 Å². The number of hydrogen-bond acceptors (Lipinski definition) is 7. The van der Waals surface area contributed by atoms with Gasteiger partial charge in [0.15, 0.2) is 11.5 Å². The Balaban J connectivity index is 1.12. The second-order valence-electron chi connectivity index (χ2n) is 12.5. The molecule has 0 spiro atoms. The highest BCUT2D eigenvalue weighted by molar-refractivity contribution is 5.86. The van der Waals surface area contributed by atoms with Crippen molar-refractivity contribution in [3.05, 3.63) is 81.1 Å². The summed E-state index contributed by atoms with van der Waals surface area (Å²) >= 11 is 0. The van der Waals surface area contributed by atoms with E-state index in [0.29, 0.717) is 55.3 Å². The number of para-hydroxylation sites is 1. The minimum atomic E-state index is -0.362. The molecule has 0 saturated carbocycles. The van der Waals surface area contributed by atoms with Crippen LogP contribution in [0.4, 0.5) is 5.69 Å². The third-order valence-corrected chi connectivity index (χ3v) is 9.53. The fourth-order valence-corrected chi connectivity index (χ4v) is 7.19. The number of aromatic amines is 1. The summed E-state index contributed by atoms with van der Waals surface area (Å²) in [5.74, 6) is 1.57. The van der Waals surface area contributed by atoms with Gasteiger partial charge in [-0.25, -0.2) is 0 Å². The number of rotatable bonds is 11. The summed E-state index contributed by atoms with van der Waals surface area (Å²) < 4.78 is 17.2. The molecule has 4 aromatic rings. The summed E-state index contributed by atoms with van der Waals surface area (Å²) in [6.07, 6.45) is 5.07. The lowest BCUT2D eigenvalue weighted by molar-refractivity contribution is -0.132. The highest BCUT2D eigenvalue weighted by atomic mass is 16.5. The van der Waals surface area contributed by atoms with Crippen molar-refractivity contribution < 1.29 is 23.8 Å². The minimum absolute atomic E-state index is 0.161. The summed E-state index contributed by atoms with van der Waals surface area (Å²) in [5.41, 5.74) is 7.24. The molecule has 2 aliphatic rings. The van der Waals surface area contributed by atoms with E-state index in [1.807, 2.05) is 29.2 Å². The number of carbonyl (C=O) groups excluding carboxylic acids is 2. The molecule has 0 unspecified atom stereocenters. The van der Waals surface area contributed by atoms with Gasteiger partial charge in [-0.2, -0.15) is 0 Å². The zero-order valence-corrected chi connectivity index (χ0v) is 28.2. The van der Waals surface area contributed by atoms with E-state index < -0.39 is 0 Å². The minimum Gasteiger partial charge on any atom is -0.493 e. The number of aryl methyl sites for hydroxylation is 1. The van der Waals surface area contributed by atoms with Gasteiger partial charge in [0, 0.05) is 67.1 Å². The second-order valence-corrected chi connectivity index (χ2v) is 12.5. The highest BCUT2D eigenvalue weighted by Crippen LogP contribution is 2.50. The van der Waals surface area contributed by atoms with Gasteiger partial charge in [-0.05, 0) is 66.6 Å². The van der Waals surface area contributed by atoms with Gasteiger partial charge < -0.3 is 34.7 Å². The van der Waals surface area contributed by atoms with Crippen LogP contribution in [0.5, 0.6) is 17.2 Å². The van der Waals surface area contributed by atoms with Crippen LogP contribution in [-0.2, 0) is 29.0 Å². The number of amides is 2. The van der Waals surface area contributed by atoms with Crippen LogP contribution in [0.2, 0.25) is 0 Å². The van der Waals surface area contributed by atoms with Gasteiger partial charge in [0.25, 0.3) is 0 Å². The number of hydrogen-bond donors (Lipinski definition) is 3. The van der Waals surface area contributed by atoms with Crippen LogP contribution in [0.3, 0.4) is 0 Å². The maximum absolute atomic E-state index is 13.6. The summed E-state index contributed by atoms with van der Waals surface area (Å²) in [6.45, 7) is 3.47. The Labute approximate surface area is 280 Å². The summed E-state index contributed by atoms with van der Waals surface area (Å²) in [5, 5.41) is 7.57. The average molecular weight is 653 g/mol. The standard InChI is InChI=1S/C38H44N4O6/c1-23(43)40-30-15-13-24-20-34(46-2)37(47-3)38(48-4)36(24)26-14-16-32(33(44)21-27(26)30)39-18-9-5-6-12-35(45)42-19-17-31-28(22-42)25-10-7-8-11-29(25)41-31/h7-8,10-11,14,16,20-21,30,41H,5-6,9,12-13,15,17-19,22H2,1-4H3,(H,39,44)(H,40,43)/t30-/m1/s1. The van der Waals surface area contributed by atoms with Crippen molar-refractivity contribution in [1.29, 1.82) is 0 Å². The number of benzene rings is 2. The molecule has 10 nitrogen and oxygen atoms in total. The molecule has 0 saturated heterocycles. The predicted octanol–water partition coefficient (Wildman–Crippen LogP) is 5.90. The molecule has 1 atom stereocenters. The topological polar surface area (TPSA) is 122 Å². The smallest absolute Gasteiger partial charge is 0.222 e.